The Balaban J connectivity index is 1.95. The maximum absolute atomic E-state index is 13.2. The number of aryl methyl sites for hydroxylation is 1. The highest BCUT2D eigenvalue weighted by Gasteiger charge is 2.51. The van der Waals surface area contributed by atoms with Crippen molar-refractivity contribution >= 4 is 11.6 Å². The topological polar surface area (TPSA) is 38.3 Å². The SMILES string of the molecule is COc1ccc2c(c1)CCC[C@]21C(=O)Nc2ccc(C(F)(F)F)cc21. The van der Waals surface area contributed by atoms with Crippen molar-refractivity contribution in [3.63, 3.8) is 0 Å². The largest absolute Gasteiger partial charge is 0.497 e. The highest BCUT2D eigenvalue weighted by atomic mass is 19.4. The Morgan fingerprint density at radius 2 is 1.92 bits per heavy atom. The summed E-state index contributed by atoms with van der Waals surface area (Å²) in [5.74, 6) is 0.423. The maximum Gasteiger partial charge on any atom is 0.416 e. The molecule has 2 aromatic rings. The average Bonchev–Trinajstić information content (AvgIpc) is 2.86. The number of hydrogen-bond donors (Lipinski definition) is 1. The predicted octanol–water partition coefficient (Wildman–Crippen LogP) is 4.29. The van der Waals surface area contributed by atoms with E-state index in [1.807, 2.05) is 12.1 Å². The Morgan fingerprint density at radius 3 is 2.64 bits per heavy atom. The van der Waals surface area contributed by atoms with Crippen LogP contribution in [0.1, 0.15) is 35.1 Å². The second-order valence-electron chi connectivity index (χ2n) is 6.49. The fourth-order valence-corrected chi connectivity index (χ4v) is 4.05. The molecular weight excluding hydrogens is 331 g/mol. The molecule has 0 saturated carbocycles. The zero-order chi connectivity index (χ0) is 17.8. The molecule has 0 aromatic heterocycles. The molecule has 0 unspecified atom stereocenters. The van der Waals surface area contributed by atoms with Gasteiger partial charge >= 0.3 is 6.18 Å². The van der Waals surface area contributed by atoms with Gasteiger partial charge in [0, 0.05) is 5.69 Å². The van der Waals surface area contributed by atoms with Crippen molar-refractivity contribution < 1.29 is 22.7 Å². The Hall–Kier alpha value is -2.50. The van der Waals surface area contributed by atoms with E-state index in [0.717, 1.165) is 36.1 Å². The van der Waals surface area contributed by atoms with Crippen molar-refractivity contribution in [2.45, 2.75) is 30.9 Å². The first kappa shape index (κ1) is 16.0. The van der Waals surface area contributed by atoms with Gasteiger partial charge in [0.15, 0.2) is 0 Å². The molecule has 1 aliphatic carbocycles. The molecule has 0 fully saturated rings. The van der Waals surface area contributed by atoms with Crippen molar-refractivity contribution in [2.75, 3.05) is 12.4 Å². The molecule has 1 atom stereocenters. The number of methoxy groups -OCH3 is 1. The maximum atomic E-state index is 13.2. The number of hydrogen-bond acceptors (Lipinski definition) is 2. The molecule has 1 amide bonds. The van der Waals surface area contributed by atoms with Crippen LogP contribution in [0.3, 0.4) is 0 Å². The van der Waals surface area contributed by atoms with Crippen LogP contribution in [-0.4, -0.2) is 13.0 Å². The minimum absolute atomic E-state index is 0.257. The highest BCUT2D eigenvalue weighted by Crippen LogP contribution is 2.51. The smallest absolute Gasteiger partial charge is 0.416 e. The number of carbonyl (C=O) groups excluding carboxylic acids is 1. The third-order valence-electron chi connectivity index (χ3n) is 5.21. The van der Waals surface area contributed by atoms with Crippen LogP contribution in [0.5, 0.6) is 5.75 Å². The number of anilines is 1. The van der Waals surface area contributed by atoms with E-state index in [-0.39, 0.29) is 5.91 Å². The molecule has 1 spiro atoms. The molecule has 0 bridgehead atoms. The molecule has 2 aromatic carbocycles. The van der Waals surface area contributed by atoms with Gasteiger partial charge in [0.1, 0.15) is 11.2 Å². The number of alkyl halides is 3. The van der Waals surface area contributed by atoms with Gasteiger partial charge in [0.25, 0.3) is 0 Å². The van der Waals surface area contributed by atoms with E-state index in [1.54, 1.807) is 13.2 Å². The Kier molecular flexibility index (Phi) is 3.36. The first-order valence-corrected chi connectivity index (χ1v) is 8.07. The third-order valence-corrected chi connectivity index (χ3v) is 5.21. The number of ether oxygens (including phenoxy) is 1. The highest BCUT2D eigenvalue weighted by molar-refractivity contribution is 6.09. The summed E-state index contributed by atoms with van der Waals surface area (Å²) in [5.41, 5.74) is 0.806. The van der Waals surface area contributed by atoms with E-state index in [9.17, 15) is 18.0 Å². The predicted molar refractivity (Wildman–Crippen MR) is 86.8 cm³/mol. The molecular formula is C19H16F3NO2. The minimum Gasteiger partial charge on any atom is -0.497 e. The number of nitrogens with one attached hydrogen (secondary N) is 1. The van der Waals surface area contributed by atoms with Crippen LogP contribution in [0, 0.1) is 0 Å². The van der Waals surface area contributed by atoms with Crippen molar-refractivity contribution in [3.05, 3.63) is 58.7 Å². The van der Waals surface area contributed by atoms with E-state index in [2.05, 4.69) is 5.32 Å². The number of amides is 1. The van der Waals surface area contributed by atoms with E-state index in [1.165, 1.54) is 6.07 Å². The summed E-state index contributed by atoms with van der Waals surface area (Å²) in [6, 6.07) is 8.91. The molecule has 4 rings (SSSR count). The Morgan fingerprint density at radius 1 is 1.12 bits per heavy atom. The van der Waals surface area contributed by atoms with Gasteiger partial charge in [-0.05, 0) is 66.3 Å². The van der Waals surface area contributed by atoms with E-state index in [0.29, 0.717) is 23.4 Å². The standard InChI is InChI=1S/C19H16F3NO2/c1-25-13-5-6-14-11(9-13)3-2-8-18(14)15-10-12(19(20,21)22)4-7-16(15)23-17(18)24/h4-7,9-10H,2-3,8H2,1H3,(H,23,24)/t18-/m0/s1. The van der Waals surface area contributed by atoms with Crippen molar-refractivity contribution in [3.8, 4) is 5.75 Å². The molecule has 0 saturated heterocycles. The lowest BCUT2D eigenvalue weighted by molar-refractivity contribution is -0.137. The van der Waals surface area contributed by atoms with Crippen molar-refractivity contribution in [2.24, 2.45) is 0 Å². The lowest BCUT2D eigenvalue weighted by Crippen LogP contribution is -2.39. The monoisotopic (exact) mass is 347 g/mol. The normalized spacial score (nSPS) is 21.7. The molecule has 6 heteroatoms. The summed E-state index contributed by atoms with van der Waals surface area (Å²) in [6.07, 6.45) is -2.45. The number of halogens is 3. The molecule has 130 valence electrons. The van der Waals surface area contributed by atoms with Gasteiger partial charge in [-0.3, -0.25) is 4.79 Å². The van der Waals surface area contributed by atoms with Crippen LogP contribution in [0.4, 0.5) is 18.9 Å². The van der Waals surface area contributed by atoms with Crippen LogP contribution in [0.2, 0.25) is 0 Å². The summed E-state index contributed by atoms with van der Waals surface area (Å²) in [6.45, 7) is 0. The van der Waals surface area contributed by atoms with Gasteiger partial charge in [-0.25, -0.2) is 0 Å². The average molecular weight is 347 g/mol. The van der Waals surface area contributed by atoms with Gasteiger partial charge < -0.3 is 10.1 Å². The summed E-state index contributed by atoms with van der Waals surface area (Å²) in [5, 5.41) is 2.77. The van der Waals surface area contributed by atoms with Gasteiger partial charge in [0.05, 0.1) is 12.7 Å². The lowest BCUT2D eigenvalue weighted by atomic mass is 9.66. The van der Waals surface area contributed by atoms with Crippen molar-refractivity contribution in [1.82, 2.24) is 0 Å². The molecule has 25 heavy (non-hydrogen) atoms. The molecule has 0 radical (unpaired) electrons. The lowest BCUT2D eigenvalue weighted by Gasteiger charge is -2.34. The first-order valence-electron chi connectivity index (χ1n) is 8.07. The summed E-state index contributed by atoms with van der Waals surface area (Å²) in [7, 11) is 1.56. The van der Waals surface area contributed by atoms with E-state index >= 15 is 0 Å². The molecule has 1 aliphatic heterocycles. The fraction of sp³-hybridized carbons (Fsp3) is 0.316. The number of benzene rings is 2. The summed E-state index contributed by atoms with van der Waals surface area (Å²) in [4.78, 5) is 12.9. The van der Waals surface area contributed by atoms with Crippen LogP contribution in [-0.2, 0) is 22.8 Å². The number of carbonyl (C=O) groups is 1. The van der Waals surface area contributed by atoms with Crippen LogP contribution < -0.4 is 10.1 Å². The van der Waals surface area contributed by atoms with Gasteiger partial charge in [-0.2, -0.15) is 13.2 Å². The number of fused-ring (bicyclic) bond motifs is 4. The Labute approximate surface area is 142 Å². The summed E-state index contributed by atoms with van der Waals surface area (Å²) < 4.78 is 44.8. The van der Waals surface area contributed by atoms with Gasteiger partial charge in [0.2, 0.25) is 5.91 Å². The Bertz CT molecular complexity index is 875. The summed E-state index contributed by atoms with van der Waals surface area (Å²) >= 11 is 0. The van der Waals surface area contributed by atoms with Crippen LogP contribution in [0.25, 0.3) is 0 Å². The molecule has 1 heterocycles. The molecule has 2 aliphatic rings. The first-order chi connectivity index (χ1) is 11.9. The second-order valence-corrected chi connectivity index (χ2v) is 6.49. The minimum atomic E-state index is -4.45. The van der Waals surface area contributed by atoms with Crippen LogP contribution >= 0.6 is 0 Å². The fourth-order valence-electron chi connectivity index (χ4n) is 4.05. The van der Waals surface area contributed by atoms with Crippen LogP contribution in [0.15, 0.2) is 36.4 Å². The molecule has 1 N–H and O–H groups in total. The third kappa shape index (κ3) is 2.23. The van der Waals surface area contributed by atoms with Gasteiger partial charge in [-0.1, -0.05) is 6.07 Å². The zero-order valence-corrected chi connectivity index (χ0v) is 13.5. The van der Waals surface area contributed by atoms with Crippen molar-refractivity contribution in [1.29, 1.82) is 0 Å². The molecule has 3 nitrogen and oxygen atoms in total. The number of rotatable bonds is 1. The zero-order valence-electron chi connectivity index (χ0n) is 13.5. The quantitative estimate of drug-likeness (QED) is 0.836. The van der Waals surface area contributed by atoms with E-state index in [4.69, 9.17) is 4.74 Å². The second kappa shape index (κ2) is 5.25. The van der Waals surface area contributed by atoms with E-state index < -0.39 is 17.2 Å². The van der Waals surface area contributed by atoms with Gasteiger partial charge in [-0.15, -0.1) is 0 Å².